The van der Waals surface area contributed by atoms with Crippen molar-refractivity contribution in [1.82, 2.24) is 24.7 Å². The third-order valence-electron chi connectivity index (χ3n) is 2.14. The molecular weight excluding hydrogens is 250 g/mol. The smallest absolute Gasteiger partial charge is 0.223 e. The van der Waals surface area contributed by atoms with Crippen LogP contribution in [0.2, 0.25) is 0 Å². The molecule has 0 saturated carbocycles. The minimum Gasteiger partial charge on any atom is -0.370 e. The Bertz CT molecular complexity index is 525. The standard InChI is InChI=1S/C10H15N7S/c1-3-4-12-7-5-8(15-9(11)14-7)18-10-16-13-6-17(10)2/h5-6H,3-4H2,1-2H3,(H3,11,12,14,15). The van der Waals surface area contributed by atoms with E-state index in [1.807, 2.05) is 17.7 Å². The molecule has 2 heterocycles. The van der Waals surface area contributed by atoms with Crippen molar-refractivity contribution < 1.29 is 0 Å². The molecule has 8 heteroatoms. The van der Waals surface area contributed by atoms with Crippen LogP contribution in [-0.4, -0.2) is 31.3 Å². The van der Waals surface area contributed by atoms with Crippen LogP contribution in [0.5, 0.6) is 0 Å². The SMILES string of the molecule is CCCNc1cc(Sc2nncn2C)nc(N)n1. The molecule has 0 saturated heterocycles. The third kappa shape index (κ3) is 3.10. The number of rotatable bonds is 5. The van der Waals surface area contributed by atoms with Gasteiger partial charge in [-0.2, -0.15) is 4.98 Å². The highest BCUT2D eigenvalue weighted by atomic mass is 32.2. The number of nitrogen functional groups attached to an aromatic ring is 1. The number of aromatic nitrogens is 5. The number of anilines is 2. The van der Waals surface area contributed by atoms with Crippen molar-refractivity contribution in [2.24, 2.45) is 7.05 Å². The van der Waals surface area contributed by atoms with Crippen molar-refractivity contribution in [3.63, 3.8) is 0 Å². The van der Waals surface area contributed by atoms with Gasteiger partial charge in [0.25, 0.3) is 0 Å². The van der Waals surface area contributed by atoms with Gasteiger partial charge >= 0.3 is 0 Å². The molecule has 0 fully saturated rings. The molecule has 7 nitrogen and oxygen atoms in total. The Morgan fingerprint density at radius 2 is 2.28 bits per heavy atom. The zero-order chi connectivity index (χ0) is 13.0. The first-order valence-corrected chi connectivity index (χ1v) is 6.41. The maximum atomic E-state index is 5.68. The van der Waals surface area contributed by atoms with Gasteiger partial charge in [0.1, 0.15) is 17.2 Å². The Morgan fingerprint density at radius 3 is 2.94 bits per heavy atom. The van der Waals surface area contributed by atoms with Gasteiger partial charge in [0.05, 0.1) is 0 Å². The van der Waals surface area contributed by atoms with E-state index in [1.54, 1.807) is 6.33 Å². The lowest BCUT2D eigenvalue weighted by Crippen LogP contribution is -2.05. The van der Waals surface area contributed by atoms with Crippen LogP contribution in [0.15, 0.2) is 22.6 Å². The zero-order valence-electron chi connectivity index (χ0n) is 10.3. The molecule has 3 N–H and O–H groups in total. The van der Waals surface area contributed by atoms with E-state index in [9.17, 15) is 0 Å². The fraction of sp³-hybridized carbons (Fsp3) is 0.400. The number of aryl methyl sites for hydroxylation is 1. The molecule has 0 aliphatic heterocycles. The summed E-state index contributed by atoms with van der Waals surface area (Å²) in [6, 6.07) is 1.85. The lowest BCUT2D eigenvalue weighted by atomic mass is 10.4. The van der Waals surface area contributed by atoms with Crippen LogP contribution in [0.4, 0.5) is 11.8 Å². The summed E-state index contributed by atoms with van der Waals surface area (Å²) in [6.07, 6.45) is 2.67. The Morgan fingerprint density at radius 1 is 1.44 bits per heavy atom. The molecule has 0 bridgehead atoms. The van der Waals surface area contributed by atoms with Crippen LogP contribution < -0.4 is 11.1 Å². The van der Waals surface area contributed by atoms with Crippen molar-refractivity contribution in [2.75, 3.05) is 17.6 Å². The third-order valence-corrected chi connectivity index (χ3v) is 3.11. The first kappa shape index (κ1) is 12.6. The average molecular weight is 265 g/mol. The van der Waals surface area contributed by atoms with Gasteiger partial charge in [-0.15, -0.1) is 10.2 Å². The Labute approximate surface area is 109 Å². The first-order valence-electron chi connectivity index (χ1n) is 5.59. The number of hydrogen-bond donors (Lipinski definition) is 2. The lowest BCUT2D eigenvalue weighted by Gasteiger charge is -2.06. The fourth-order valence-corrected chi connectivity index (χ4v) is 2.07. The predicted molar refractivity (Wildman–Crippen MR) is 70.4 cm³/mol. The van der Waals surface area contributed by atoms with E-state index in [4.69, 9.17) is 5.73 Å². The maximum absolute atomic E-state index is 5.68. The minimum absolute atomic E-state index is 0.251. The van der Waals surface area contributed by atoms with Gasteiger partial charge in [-0.25, -0.2) is 4.98 Å². The van der Waals surface area contributed by atoms with E-state index >= 15 is 0 Å². The van der Waals surface area contributed by atoms with Gasteiger partial charge in [0.15, 0.2) is 5.16 Å². The molecule has 96 valence electrons. The highest BCUT2D eigenvalue weighted by Gasteiger charge is 2.07. The zero-order valence-corrected chi connectivity index (χ0v) is 11.1. The van der Waals surface area contributed by atoms with Crippen molar-refractivity contribution in [2.45, 2.75) is 23.5 Å². The molecule has 18 heavy (non-hydrogen) atoms. The van der Waals surface area contributed by atoms with Gasteiger partial charge in [-0.1, -0.05) is 6.92 Å². The Kier molecular flexibility index (Phi) is 3.98. The summed E-state index contributed by atoms with van der Waals surface area (Å²) in [5.74, 6) is 0.981. The largest absolute Gasteiger partial charge is 0.370 e. The highest BCUT2D eigenvalue weighted by Crippen LogP contribution is 2.25. The van der Waals surface area contributed by atoms with Crippen LogP contribution in [0.25, 0.3) is 0 Å². The van der Waals surface area contributed by atoms with Crippen LogP contribution in [0, 0.1) is 0 Å². The second-order valence-electron chi connectivity index (χ2n) is 3.70. The normalized spacial score (nSPS) is 10.6. The number of hydrogen-bond acceptors (Lipinski definition) is 7. The molecule has 0 spiro atoms. The van der Waals surface area contributed by atoms with Crippen LogP contribution in [0.3, 0.4) is 0 Å². The van der Waals surface area contributed by atoms with Gasteiger partial charge in [0.2, 0.25) is 5.95 Å². The second-order valence-corrected chi connectivity index (χ2v) is 4.69. The number of nitrogens with zero attached hydrogens (tertiary/aromatic N) is 5. The quantitative estimate of drug-likeness (QED) is 0.783. The van der Waals surface area contributed by atoms with Crippen LogP contribution in [-0.2, 0) is 7.05 Å². The summed E-state index contributed by atoms with van der Waals surface area (Å²) in [6.45, 7) is 2.94. The van der Waals surface area contributed by atoms with Gasteiger partial charge in [-0.3, -0.25) is 0 Å². The summed E-state index contributed by atoms with van der Waals surface area (Å²) < 4.78 is 1.82. The number of nitrogens with two attached hydrogens (primary N) is 1. The molecule has 0 aromatic carbocycles. The Balaban J connectivity index is 2.17. The highest BCUT2D eigenvalue weighted by molar-refractivity contribution is 7.99. The van der Waals surface area contributed by atoms with Gasteiger partial charge in [-0.05, 0) is 18.2 Å². The fourth-order valence-electron chi connectivity index (χ4n) is 1.30. The monoisotopic (exact) mass is 265 g/mol. The van der Waals surface area contributed by atoms with Crippen LogP contribution in [0.1, 0.15) is 13.3 Å². The molecular formula is C10H15N7S. The van der Waals surface area contributed by atoms with Crippen molar-refractivity contribution in [3.8, 4) is 0 Å². The van der Waals surface area contributed by atoms with Crippen molar-refractivity contribution in [1.29, 1.82) is 0 Å². The first-order chi connectivity index (χ1) is 8.69. The van der Waals surface area contributed by atoms with E-state index in [0.717, 1.165) is 29.0 Å². The average Bonchev–Trinajstić information content (AvgIpc) is 2.72. The summed E-state index contributed by atoms with van der Waals surface area (Å²) in [5, 5.41) is 12.5. The molecule has 0 radical (unpaired) electrons. The second kappa shape index (κ2) is 5.67. The van der Waals surface area contributed by atoms with Crippen molar-refractivity contribution >= 4 is 23.5 Å². The van der Waals surface area contributed by atoms with E-state index in [-0.39, 0.29) is 5.95 Å². The summed E-state index contributed by atoms with van der Waals surface area (Å²) in [4.78, 5) is 8.29. The van der Waals surface area contributed by atoms with E-state index in [1.165, 1.54) is 11.8 Å². The molecule has 0 aliphatic rings. The molecule has 0 amide bonds. The predicted octanol–water partition coefficient (Wildman–Crippen LogP) is 1.16. The molecule has 0 unspecified atom stereocenters. The van der Waals surface area contributed by atoms with E-state index in [0.29, 0.717) is 0 Å². The summed E-state index contributed by atoms with van der Waals surface area (Å²) in [7, 11) is 1.88. The number of nitrogens with one attached hydrogen (secondary N) is 1. The molecule has 0 atom stereocenters. The van der Waals surface area contributed by atoms with Crippen LogP contribution >= 0.6 is 11.8 Å². The molecule has 2 aromatic heterocycles. The molecule has 0 aliphatic carbocycles. The van der Waals surface area contributed by atoms with E-state index < -0.39 is 0 Å². The topological polar surface area (TPSA) is 94.5 Å². The summed E-state index contributed by atoms with van der Waals surface area (Å²) >= 11 is 1.40. The molecule has 2 rings (SSSR count). The Hall–Kier alpha value is -1.83. The maximum Gasteiger partial charge on any atom is 0.223 e. The minimum atomic E-state index is 0.251. The van der Waals surface area contributed by atoms with E-state index in [2.05, 4.69) is 32.4 Å². The molecule has 2 aromatic rings. The summed E-state index contributed by atoms with van der Waals surface area (Å²) in [5.41, 5.74) is 5.68. The van der Waals surface area contributed by atoms with Gasteiger partial charge in [0, 0.05) is 19.7 Å². The van der Waals surface area contributed by atoms with Crippen molar-refractivity contribution in [3.05, 3.63) is 12.4 Å². The van der Waals surface area contributed by atoms with Gasteiger partial charge < -0.3 is 15.6 Å². The lowest BCUT2D eigenvalue weighted by molar-refractivity contribution is 0.787.